The molecule has 0 spiro atoms. The molecule has 0 aliphatic rings. The van der Waals surface area contributed by atoms with Crippen LogP contribution in [0, 0.1) is 0 Å². The van der Waals surface area contributed by atoms with Crippen LogP contribution in [0.1, 0.15) is 5.56 Å². The van der Waals surface area contributed by atoms with Crippen molar-refractivity contribution in [3.63, 3.8) is 0 Å². The highest BCUT2D eigenvalue weighted by Crippen LogP contribution is 2.27. The van der Waals surface area contributed by atoms with E-state index in [0.29, 0.717) is 6.61 Å². The predicted octanol–water partition coefficient (Wildman–Crippen LogP) is 4.52. The smallest absolute Gasteiger partial charge is 0.120 e. The lowest BCUT2D eigenvalue weighted by atomic mass is 10.2. The molecule has 0 unspecified atom stereocenters. The van der Waals surface area contributed by atoms with Crippen molar-refractivity contribution in [1.82, 2.24) is 4.98 Å². The molecule has 3 nitrogen and oxygen atoms in total. The lowest BCUT2D eigenvalue weighted by molar-refractivity contribution is 0.306. The third-order valence-electron chi connectivity index (χ3n) is 3.17. The standard InChI is InChI=1S/C16H14BrNO2/c1-19-12-4-2-11(3-5-12)10-20-13-6-7-16-14(8-13)15(17)9-18-16/h2-9,18H,10H2,1H3. The predicted molar refractivity (Wildman–Crippen MR) is 83.3 cm³/mol. The van der Waals surface area contributed by atoms with Gasteiger partial charge in [-0.3, -0.25) is 0 Å². The molecule has 1 N–H and O–H groups in total. The Morgan fingerprint density at radius 3 is 2.55 bits per heavy atom. The summed E-state index contributed by atoms with van der Waals surface area (Å²) in [5.74, 6) is 1.71. The fraction of sp³-hybridized carbons (Fsp3) is 0.125. The van der Waals surface area contributed by atoms with Crippen molar-refractivity contribution < 1.29 is 9.47 Å². The molecular weight excluding hydrogens is 318 g/mol. The maximum atomic E-state index is 5.82. The van der Waals surface area contributed by atoms with Gasteiger partial charge in [0.25, 0.3) is 0 Å². The van der Waals surface area contributed by atoms with Gasteiger partial charge in [0.2, 0.25) is 0 Å². The molecule has 0 amide bonds. The molecule has 0 aliphatic heterocycles. The molecule has 0 fully saturated rings. The van der Waals surface area contributed by atoms with Crippen molar-refractivity contribution in [2.75, 3.05) is 7.11 Å². The zero-order chi connectivity index (χ0) is 13.9. The Balaban J connectivity index is 1.73. The Kier molecular flexibility index (Phi) is 3.65. The third-order valence-corrected chi connectivity index (χ3v) is 3.82. The Labute approximate surface area is 125 Å². The van der Waals surface area contributed by atoms with E-state index in [9.17, 15) is 0 Å². The minimum atomic E-state index is 0.539. The lowest BCUT2D eigenvalue weighted by Crippen LogP contribution is -1.95. The van der Waals surface area contributed by atoms with Crippen LogP contribution in [0.25, 0.3) is 10.9 Å². The summed E-state index contributed by atoms with van der Waals surface area (Å²) in [6.45, 7) is 0.539. The summed E-state index contributed by atoms with van der Waals surface area (Å²) < 4.78 is 12.0. The van der Waals surface area contributed by atoms with Crippen molar-refractivity contribution in [3.05, 3.63) is 58.7 Å². The van der Waals surface area contributed by atoms with Crippen LogP contribution in [0.2, 0.25) is 0 Å². The summed E-state index contributed by atoms with van der Waals surface area (Å²) in [6.07, 6.45) is 1.93. The number of hydrogen-bond donors (Lipinski definition) is 1. The van der Waals surface area contributed by atoms with Crippen LogP contribution in [-0.4, -0.2) is 12.1 Å². The number of fused-ring (bicyclic) bond motifs is 1. The van der Waals surface area contributed by atoms with Crippen LogP contribution in [0.15, 0.2) is 53.1 Å². The van der Waals surface area contributed by atoms with Crippen molar-refractivity contribution >= 4 is 26.8 Å². The maximum Gasteiger partial charge on any atom is 0.120 e. The Hall–Kier alpha value is -1.94. The number of ether oxygens (including phenoxy) is 2. The quantitative estimate of drug-likeness (QED) is 0.762. The van der Waals surface area contributed by atoms with E-state index in [1.165, 1.54) is 0 Å². The van der Waals surface area contributed by atoms with Crippen molar-refractivity contribution in [1.29, 1.82) is 0 Å². The summed E-state index contributed by atoms with van der Waals surface area (Å²) in [4.78, 5) is 3.19. The molecule has 0 atom stereocenters. The van der Waals surface area contributed by atoms with Crippen LogP contribution in [0.3, 0.4) is 0 Å². The van der Waals surface area contributed by atoms with Gasteiger partial charge in [0.15, 0.2) is 0 Å². The third kappa shape index (κ3) is 2.65. The zero-order valence-corrected chi connectivity index (χ0v) is 12.6. The number of H-pyrrole nitrogens is 1. The van der Waals surface area contributed by atoms with Gasteiger partial charge >= 0.3 is 0 Å². The topological polar surface area (TPSA) is 34.2 Å². The first kappa shape index (κ1) is 13.1. The minimum absolute atomic E-state index is 0.539. The summed E-state index contributed by atoms with van der Waals surface area (Å²) in [7, 11) is 1.66. The Bertz CT molecular complexity index is 719. The summed E-state index contributed by atoms with van der Waals surface area (Å²) in [5, 5.41) is 1.12. The molecule has 3 rings (SSSR count). The normalized spacial score (nSPS) is 10.7. The molecule has 0 bridgehead atoms. The minimum Gasteiger partial charge on any atom is -0.497 e. The van der Waals surface area contributed by atoms with E-state index in [4.69, 9.17) is 9.47 Å². The van der Waals surface area contributed by atoms with E-state index in [1.807, 2.05) is 48.7 Å². The summed E-state index contributed by atoms with van der Waals surface area (Å²) >= 11 is 3.51. The SMILES string of the molecule is COc1ccc(COc2ccc3[nH]cc(Br)c3c2)cc1. The van der Waals surface area contributed by atoms with Crippen LogP contribution < -0.4 is 9.47 Å². The van der Waals surface area contributed by atoms with Gasteiger partial charge in [-0.15, -0.1) is 0 Å². The Morgan fingerprint density at radius 2 is 1.80 bits per heavy atom. The van der Waals surface area contributed by atoms with Gasteiger partial charge in [0, 0.05) is 21.6 Å². The zero-order valence-electron chi connectivity index (χ0n) is 11.0. The number of rotatable bonds is 4. The van der Waals surface area contributed by atoms with E-state index in [2.05, 4.69) is 20.9 Å². The molecule has 2 aromatic carbocycles. The fourth-order valence-electron chi connectivity index (χ4n) is 2.04. The molecule has 0 saturated carbocycles. The average molecular weight is 332 g/mol. The van der Waals surface area contributed by atoms with Gasteiger partial charge in [-0.2, -0.15) is 0 Å². The molecule has 3 aromatic rings. The molecule has 4 heteroatoms. The number of methoxy groups -OCH3 is 1. The van der Waals surface area contributed by atoms with Gasteiger partial charge < -0.3 is 14.5 Å². The Morgan fingerprint density at radius 1 is 1.05 bits per heavy atom. The van der Waals surface area contributed by atoms with Crippen LogP contribution in [0.4, 0.5) is 0 Å². The van der Waals surface area contributed by atoms with Crippen molar-refractivity contribution in [3.8, 4) is 11.5 Å². The first-order chi connectivity index (χ1) is 9.76. The number of halogens is 1. The van der Waals surface area contributed by atoms with E-state index >= 15 is 0 Å². The molecule has 0 aliphatic carbocycles. The second-order valence-corrected chi connectivity index (χ2v) is 5.34. The molecule has 0 radical (unpaired) electrons. The second-order valence-electron chi connectivity index (χ2n) is 4.48. The van der Waals surface area contributed by atoms with E-state index in [0.717, 1.165) is 32.4 Å². The summed E-state index contributed by atoms with van der Waals surface area (Å²) in [6, 6.07) is 13.9. The first-order valence-electron chi connectivity index (χ1n) is 6.28. The highest BCUT2D eigenvalue weighted by molar-refractivity contribution is 9.10. The first-order valence-corrected chi connectivity index (χ1v) is 7.08. The summed E-state index contributed by atoms with van der Waals surface area (Å²) in [5.41, 5.74) is 2.20. The van der Waals surface area contributed by atoms with Gasteiger partial charge in [0.05, 0.1) is 7.11 Å². The van der Waals surface area contributed by atoms with Crippen LogP contribution in [0.5, 0.6) is 11.5 Å². The highest BCUT2D eigenvalue weighted by Gasteiger charge is 2.03. The van der Waals surface area contributed by atoms with Crippen molar-refractivity contribution in [2.45, 2.75) is 6.61 Å². The molecule has 102 valence electrons. The molecule has 1 aromatic heterocycles. The number of benzene rings is 2. The molecule has 20 heavy (non-hydrogen) atoms. The number of hydrogen-bond acceptors (Lipinski definition) is 2. The number of aromatic amines is 1. The van der Waals surface area contributed by atoms with E-state index < -0.39 is 0 Å². The monoisotopic (exact) mass is 331 g/mol. The highest BCUT2D eigenvalue weighted by atomic mass is 79.9. The van der Waals surface area contributed by atoms with Gasteiger partial charge in [-0.05, 0) is 51.8 Å². The average Bonchev–Trinajstić information content (AvgIpc) is 2.87. The largest absolute Gasteiger partial charge is 0.497 e. The van der Waals surface area contributed by atoms with Gasteiger partial charge in [-0.1, -0.05) is 12.1 Å². The molecule has 0 saturated heterocycles. The van der Waals surface area contributed by atoms with Gasteiger partial charge in [0.1, 0.15) is 18.1 Å². The van der Waals surface area contributed by atoms with E-state index in [1.54, 1.807) is 7.11 Å². The fourth-order valence-corrected chi connectivity index (χ4v) is 2.49. The maximum absolute atomic E-state index is 5.82. The van der Waals surface area contributed by atoms with E-state index in [-0.39, 0.29) is 0 Å². The van der Waals surface area contributed by atoms with Gasteiger partial charge in [-0.25, -0.2) is 0 Å². The van der Waals surface area contributed by atoms with Crippen LogP contribution >= 0.6 is 15.9 Å². The van der Waals surface area contributed by atoms with Crippen LogP contribution in [-0.2, 0) is 6.61 Å². The van der Waals surface area contributed by atoms with Crippen molar-refractivity contribution in [2.24, 2.45) is 0 Å². The molecule has 1 heterocycles. The number of aromatic nitrogens is 1. The lowest BCUT2D eigenvalue weighted by Gasteiger charge is -2.07. The second kappa shape index (κ2) is 5.59. The molecular formula is C16H14BrNO2. The number of nitrogens with one attached hydrogen (secondary N) is 1.